The minimum absolute atomic E-state index is 0.131. The molecule has 0 saturated heterocycles. The van der Waals surface area contributed by atoms with Crippen molar-refractivity contribution in [1.29, 1.82) is 0 Å². The SMILES string of the molecule is CC(C1CCC2C3CCC4[C@@H](O)C(N(C)C)CC[C@]4(C)C3CC[C@@]21C)N(C)C. The Hall–Kier alpha value is -0.120. The number of aliphatic hydroxyl groups excluding tert-OH is 1. The van der Waals surface area contributed by atoms with Gasteiger partial charge in [-0.2, -0.15) is 0 Å². The lowest BCUT2D eigenvalue weighted by Crippen LogP contribution is -2.60. The van der Waals surface area contributed by atoms with E-state index in [-0.39, 0.29) is 6.10 Å². The highest BCUT2D eigenvalue weighted by molar-refractivity contribution is 5.12. The first kappa shape index (κ1) is 21.1. The molecule has 28 heavy (non-hydrogen) atoms. The van der Waals surface area contributed by atoms with E-state index >= 15 is 0 Å². The van der Waals surface area contributed by atoms with Crippen molar-refractivity contribution in [2.45, 2.75) is 90.3 Å². The van der Waals surface area contributed by atoms with E-state index in [0.29, 0.717) is 28.8 Å². The van der Waals surface area contributed by atoms with Gasteiger partial charge in [-0.05, 0) is 127 Å². The van der Waals surface area contributed by atoms with E-state index in [1.54, 1.807) is 0 Å². The summed E-state index contributed by atoms with van der Waals surface area (Å²) in [6.07, 6.45) is 10.7. The molecular weight excluding hydrogens is 344 g/mol. The largest absolute Gasteiger partial charge is 0.391 e. The third kappa shape index (κ3) is 2.94. The number of likely N-dealkylation sites (N-methyl/N-ethyl adjacent to an activating group) is 1. The fraction of sp³-hybridized carbons (Fsp3) is 1.00. The van der Waals surface area contributed by atoms with Crippen LogP contribution in [-0.4, -0.2) is 61.3 Å². The summed E-state index contributed by atoms with van der Waals surface area (Å²) in [6, 6.07) is 1.05. The zero-order chi connectivity index (χ0) is 20.4. The van der Waals surface area contributed by atoms with Gasteiger partial charge >= 0.3 is 0 Å². The molecule has 4 fully saturated rings. The van der Waals surface area contributed by atoms with Gasteiger partial charge in [0.05, 0.1) is 6.10 Å². The Morgan fingerprint density at radius 1 is 0.786 bits per heavy atom. The molecular formula is C25H46N2O. The molecule has 4 rings (SSSR count). The van der Waals surface area contributed by atoms with Crippen LogP contribution in [0.5, 0.6) is 0 Å². The Morgan fingerprint density at radius 3 is 2.04 bits per heavy atom. The van der Waals surface area contributed by atoms with Crippen LogP contribution in [0.1, 0.15) is 72.1 Å². The van der Waals surface area contributed by atoms with Crippen LogP contribution in [0.25, 0.3) is 0 Å². The summed E-state index contributed by atoms with van der Waals surface area (Å²) in [7, 11) is 8.84. The molecule has 0 amide bonds. The van der Waals surface area contributed by atoms with Crippen LogP contribution >= 0.6 is 0 Å². The zero-order valence-electron chi connectivity index (χ0n) is 19.6. The third-order valence-corrected chi connectivity index (χ3v) is 10.9. The highest BCUT2D eigenvalue weighted by Crippen LogP contribution is 2.68. The Bertz CT molecular complexity index is 577. The van der Waals surface area contributed by atoms with Crippen molar-refractivity contribution >= 4 is 0 Å². The number of hydrogen-bond acceptors (Lipinski definition) is 3. The van der Waals surface area contributed by atoms with E-state index < -0.39 is 0 Å². The molecule has 4 saturated carbocycles. The molecule has 0 aromatic heterocycles. The van der Waals surface area contributed by atoms with Crippen LogP contribution in [0.2, 0.25) is 0 Å². The molecule has 0 aromatic rings. The first-order valence-electron chi connectivity index (χ1n) is 12.1. The average molecular weight is 391 g/mol. The van der Waals surface area contributed by atoms with Crippen molar-refractivity contribution in [2.24, 2.45) is 40.4 Å². The van der Waals surface area contributed by atoms with Gasteiger partial charge in [-0.1, -0.05) is 13.8 Å². The quantitative estimate of drug-likeness (QED) is 0.769. The zero-order valence-corrected chi connectivity index (χ0v) is 19.6. The molecule has 0 heterocycles. The van der Waals surface area contributed by atoms with Gasteiger partial charge in [0.2, 0.25) is 0 Å². The fourth-order valence-corrected chi connectivity index (χ4v) is 9.07. The molecule has 3 nitrogen and oxygen atoms in total. The molecule has 4 aliphatic rings. The van der Waals surface area contributed by atoms with Gasteiger partial charge in [-0.25, -0.2) is 0 Å². The van der Waals surface area contributed by atoms with Crippen molar-refractivity contribution in [3.05, 3.63) is 0 Å². The molecule has 0 aromatic carbocycles. The maximum Gasteiger partial charge on any atom is 0.0728 e. The minimum atomic E-state index is -0.131. The molecule has 7 unspecified atom stereocenters. The van der Waals surface area contributed by atoms with Crippen LogP contribution < -0.4 is 0 Å². The number of aliphatic hydroxyl groups is 1. The van der Waals surface area contributed by atoms with Crippen molar-refractivity contribution in [3.8, 4) is 0 Å². The molecule has 0 radical (unpaired) electrons. The second-order valence-corrected chi connectivity index (χ2v) is 12.1. The Morgan fingerprint density at radius 2 is 1.39 bits per heavy atom. The van der Waals surface area contributed by atoms with Crippen LogP contribution in [0.3, 0.4) is 0 Å². The molecule has 1 N–H and O–H groups in total. The van der Waals surface area contributed by atoms with E-state index in [9.17, 15) is 5.11 Å². The van der Waals surface area contributed by atoms with Gasteiger partial charge in [-0.3, -0.25) is 0 Å². The number of nitrogens with zero attached hydrogens (tertiary/aromatic N) is 2. The van der Waals surface area contributed by atoms with Crippen molar-refractivity contribution in [3.63, 3.8) is 0 Å². The standard InChI is InChI=1S/C25H46N2O/c1-16(26(4)5)18-10-11-19-17-8-9-21-23(28)22(27(6)7)13-15-25(21,3)20(17)12-14-24(18,19)2/h16-23,28H,8-15H2,1-7H3/t16?,17?,18?,19?,20?,21?,22?,23-,24-,25-/m1/s1. The maximum absolute atomic E-state index is 11.3. The average Bonchev–Trinajstić information content (AvgIpc) is 2.97. The van der Waals surface area contributed by atoms with E-state index in [0.717, 1.165) is 23.7 Å². The Kier molecular flexibility index (Phi) is 5.46. The molecule has 10 atom stereocenters. The smallest absolute Gasteiger partial charge is 0.0728 e. The molecule has 162 valence electrons. The first-order valence-corrected chi connectivity index (χ1v) is 12.1. The second kappa shape index (κ2) is 7.24. The molecule has 0 spiro atoms. The lowest BCUT2D eigenvalue weighted by Gasteiger charge is -2.62. The van der Waals surface area contributed by atoms with E-state index in [1.807, 2.05) is 0 Å². The van der Waals surface area contributed by atoms with Crippen LogP contribution in [0, 0.1) is 40.4 Å². The maximum atomic E-state index is 11.3. The Balaban J connectivity index is 1.57. The topological polar surface area (TPSA) is 26.7 Å². The Labute approximate surface area is 174 Å². The molecule has 0 aliphatic heterocycles. The predicted octanol–water partition coefficient (Wildman–Crippen LogP) is 4.50. The molecule has 4 aliphatic carbocycles. The predicted molar refractivity (Wildman–Crippen MR) is 117 cm³/mol. The molecule has 3 heteroatoms. The van der Waals surface area contributed by atoms with Crippen molar-refractivity contribution in [2.75, 3.05) is 28.2 Å². The summed E-state index contributed by atoms with van der Waals surface area (Å²) < 4.78 is 0. The lowest BCUT2D eigenvalue weighted by molar-refractivity contribution is -0.161. The van der Waals surface area contributed by atoms with Gasteiger partial charge < -0.3 is 14.9 Å². The summed E-state index contributed by atoms with van der Waals surface area (Å²) in [5.74, 6) is 4.03. The number of rotatable bonds is 3. The van der Waals surface area contributed by atoms with Crippen LogP contribution in [0.4, 0.5) is 0 Å². The monoisotopic (exact) mass is 390 g/mol. The van der Waals surface area contributed by atoms with Gasteiger partial charge in [0.1, 0.15) is 0 Å². The second-order valence-electron chi connectivity index (χ2n) is 12.1. The number of hydrogen-bond donors (Lipinski definition) is 1. The minimum Gasteiger partial charge on any atom is -0.391 e. The first-order chi connectivity index (χ1) is 13.1. The lowest BCUT2D eigenvalue weighted by atomic mass is 9.44. The summed E-state index contributed by atoms with van der Waals surface area (Å²) in [5.41, 5.74) is 0.898. The van der Waals surface area contributed by atoms with E-state index in [4.69, 9.17) is 0 Å². The van der Waals surface area contributed by atoms with E-state index in [2.05, 4.69) is 58.8 Å². The van der Waals surface area contributed by atoms with Gasteiger partial charge in [0.15, 0.2) is 0 Å². The summed E-state index contributed by atoms with van der Waals surface area (Å²) >= 11 is 0. The fourth-order valence-electron chi connectivity index (χ4n) is 9.07. The summed E-state index contributed by atoms with van der Waals surface area (Å²) in [6.45, 7) is 7.68. The summed E-state index contributed by atoms with van der Waals surface area (Å²) in [5, 5.41) is 11.3. The normalized spacial score (nSPS) is 52.3. The van der Waals surface area contributed by atoms with Crippen LogP contribution in [0.15, 0.2) is 0 Å². The highest BCUT2D eigenvalue weighted by Gasteiger charge is 2.62. The van der Waals surface area contributed by atoms with Crippen LogP contribution in [-0.2, 0) is 0 Å². The highest BCUT2D eigenvalue weighted by atomic mass is 16.3. The summed E-state index contributed by atoms with van der Waals surface area (Å²) in [4.78, 5) is 4.74. The van der Waals surface area contributed by atoms with E-state index in [1.165, 1.54) is 51.4 Å². The van der Waals surface area contributed by atoms with Gasteiger partial charge in [-0.15, -0.1) is 0 Å². The third-order valence-electron chi connectivity index (χ3n) is 10.9. The van der Waals surface area contributed by atoms with Crippen molar-refractivity contribution < 1.29 is 5.11 Å². The van der Waals surface area contributed by atoms with Gasteiger partial charge in [0, 0.05) is 12.1 Å². The van der Waals surface area contributed by atoms with Gasteiger partial charge in [0.25, 0.3) is 0 Å². The number of fused-ring (bicyclic) bond motifs is 5. The molecule has 0 bridgehead atoms. The van der Waals surface area contributed by atoms with Crippen molar-refractivity contribution in [1.82, 2.24) is 9.80 Å².